The van der Waals surface area contributed by atoms with Crippen molar-refractivity contribution in [1.82, 2.24) is 9.88 Å². The number of hydrogen-bond acceptors (Lipinski definition) is 5. The molecule has 1 amide bonds. The van der Waals surface area contributed by atoms with Gasteiger partial charge < -0.3 is 14.6 Å². The average molecular weight is 484 g/mol. The van der Waals surface area contributed by atoms with Crippen LogP contribution in [0.1, 0.15) is 48.2 Å². The van der Waals surface area contributed by atoms with Crippen LogP contribution in [0.2, 0.25) is 5.02 Å². The molecule has 0 fully saturated rings. The molecule has 0 saturated carbocycles. The lowest BCUT2D eigenvalue weighted by Gasteiger charge is -2.14. The number of nitrogens with zero attached hydrogens (tertiary/aromatic N) is 2. The Morgan fingerprint density at radius 3 is 2.67 bits per heavy atom. The Morgan fingerprint density at radius 2 is 1.97 bits per heavy atom. The molecule has 1 atom stereocenters. The number of hydrogen-bond donors (Lipinski definition) is 1. The number of aromatic nitrogens is 1. The van der Waals surface area contributed by atoms with E-state index in [4.69, 9.17) is 21.3 Å². The number of nitrogens with one attached hydrogen (secondary N) is 1. The Hall–Kier alpha value is -2.90. The van der Waals surface area contributed by atoms with Crippen molar-refractivity contribution in [3.63, 3.8) is 0 Å². The molecule has 33 heavy (non-hydrogen) atoms. The fourth-order valence-electron chi connectivity index (χ4n) is 3.97. The molecule has 0 aliphatic carbocycles. The molecule has 2 heterocycles. The van der Waals surface area contributed by atoms with Crippen molar-refractivity contribution in [3.8, 4) is 17.0 Å². The molecule has 6 nitrogen and oxygen atoms in total. The number of rotatable bonds is 7. The van der Waals surface area contributed by atoms with E-state index in [0.29, 0.717) is 17.3 Å². The van der Waals surface area contributed by atoms with Crippen LogP contribution in [0, 0.1) is 0 Å². The van der Waals surface area contributed by atoms with E-state index in [1.54, 1.807) is 18.7 Å². The van der Waals surface area contributed by atoms with Crippen LogP contribution >= 0.6 is 22.9 Å². The minimum absolute atomic E-state index is 0.0781. The second kappa shape index (κ2) is 9.93. The number of halogens is 1. The zero-order valence-corrected chi connectivity index (χ0v) is 20.4. The summed E-state index contributed by atoms with van der Waals surface area (Å²) < 4.78 is 7.13. The first-order chi connectivity index (χ1) is 15.9. The smallest absolute Gasteiger partial charge is 0.307 e. The van der Waals surface area contributed by atoms with Gasteiger partial charge in [0.15, 0.2) is 0 Å². The van der Waals surface area contributed by atoms with Crippen molar-refractivity contribution in [2.75, 3.05) is 13.7 Å². The highest BCUT2D eigenvalue weighted by molar-refractivity contribution is 7.09. The third-order valence-corrected chi connectivity index (χ3v) is 7.10. The normalized spacial score (nSPS) is 14.7. The average Bonchev–Trinajstić information content (AvgIpc) is 3.03. The van der Waals surface area contributed by atoms with Crippen molar-refractivity contribution < 1.29 is 9.53 Å². The SMILES string of the molecule is CCCCNC(=O)CC1N=C(c2ccc(Cl)cc2)c2cc(OC)ccc2-c2c1sc(=O)n2C. The monoisotopic (exact) mass is 483 g/mol. The number of thiazole rings is 1. The van der Waals surface area contributed by atoms with Crippen molar-refractivity contribution in [1.29, 1.82) is 0 Å². The molecule has 1 aromatic heterocycles. The summed E-state index contributed by atoms with van der Waals surface area (Å²) >= 11 is 7.28. The summed E-state index contributed by atoms with van der Waals surface area (Å²) in [6.45, 7) is 2.71. The lowest BCUT2D eigenvalue weighted by molar-refractivity contribution is -0.121. The predicted molar refractivity (Wildman–Crippen MR) is 134 cm³/mol. The fourth-order valence-corrected chi connectivity index (χ4v) is 5.13. The molecule has 172 valence electrons. The van der Waals surface area contributed by atoms with Crippen molar-refractivity contribution in [2.45, 2.75) is 32.2 Å². The third-order valence-electron chi connectivity index (χ3n) is 5.71. The Bertz CT molecular complexity index is 1260. The molecular formula is C25H26ClN3O3S. The van der Waals surface area contributed by atoms with Gasteiger partial charge in [-0.2, -0.15) is 0 Å². The maximum Gasteiger partial charge on any atom is 0.307 e. The summed E-state index contributed by atoms with van der Waals surface area (Å²) in [6.07, 6.45) is 2.09. The first-order valence-electron chi connectivity index (χ1n) is 10.9. The summed E-state index contributed by atoms with van der Waals surface area (Å²) in [5, 5.41) is 3.61. The van der Waals surface area contributed by atoms with E-state index in [2.05, 4.69) is 12.2 Å². The van der Waals surface area contributed by atoms with Crippen molar-refractivity contribution >= 4 is 34.6 Å². The zero-order chi connectivity index (χ0) is 23.5. The van der Waals surface area contributed by atoms with Crippen LogP contribution in [0.3, 0.4) is 0 Å². The second-order valence-electron chi connectivity index (χ2n) is 7.96. The molecule has 1 N–H and O–H groups in total. The van der Waals surface area contributed by atoms with Gasteiger partial charge in [0.1, 0.15) is 5.75 Å². The first kappa shape index (κ1) is 23.3. The number of aliphatic imine (C=N–C) groups is 1. The van der Waals surface area contributed by atoms with E-state index < -0.39 is 6.04 Å². The van der Waals surface area contributed by atoms with Gasteiger partial charge in [0, 0.05) is 35.3 Å². The largest absolute Gasteiger partial charge is 0.497 e. The standard InChI is InChI=1S/C25H26ClN3O3S/c1-4-5-12-27-21(30)14-20-24-23(29(2)25(31)33-24)18-11-10-17(32-3)13-19(18)22(28-20)15-6-8-16(26)9-7-15/h6-11,13,20H,4-5,12,14H2,1-3H3,(H,27,30). The van der Waals surface area contributed by atoms with E-state index in [0.717, 1.165) is 57.2 Å². The Balaban J connectivity index is 1.90. The van der Waals surface area contributed by atoms with Gasteiger partial charge in [-0.05, 0) is 36.8 Å². The maximum absolute atomic E-state index is 12.8. The third kappa shape index (κ3) is 4.75. The number of ether oxygens (including phenoxy) is 1. The molecular weight excluding hydrogens is 458 g/mol. The van der Waals surface area contributed by atoms with E-state index in [1.807, 2.05) is 42.5 Å². The van der Waals surface area contributed by atoms with Gasteiger partial charge in [-0.1, -0.05) is 48.4 Å². The van der Waals surface area contributed by atoms with E-state index in [-0.39, 0.29) is 17.2 Å². The quantitative estimate of drug-likeness (QED) is 0.482. The molecule has 4 rings (SSSR count). The van der Waals surface area contributed by atoms with E-state index >= 15 is 0 Å². The number of unbranched alkanes of at least 4 members (excludes halogenated alkanes) is 1. The summed E-state index contributed by atoms with van der Waals surface area (Å²) in [5.74, 6) is 0.610. The highest BCUT2D eigenvalue weighted by atomic mass is 35.5. The topological polar surface area (TPSA) is 72.7 Å². The van der Waals surface area contributed by atoms with Gasteiger partial charge in [-0.15, -0.1) is 0 Å². The lowest BCUT2D eigenvalue weighted by Crippen LogP contribution is -2.25. The van der Waals surface area contributed by atoms with Gasteiger partial charge in [-0.25, -0.2) is 0 Å². The van der Waals surface area contributed by atoms with Gasteiger partial charge in [0.25, 0.3) is 0 Å². The maximum atomic E-state index is 12.8. The number of carbonyl (C=O) groups excluding carboxylic acids is 1. The number of benzene rings is 2. The van der Waals surface area contributed by atoms with Crippen LogP contribution in [-0.2, 0) is 11.8 Å². The molecule has 1 aliphatic rings. The molecule has 0 radical (unpaired) electrons. The highest BCUT2D eigenvalue weighted by Crippen LogP contribution is 2.41. The van der Waals surface area contributed by atoms with Crippen molar-refractivity contribution in [3.05, 3.63) is 73.2 Å². The van der Waals surface area contributed by atoms with Crippen LogP contribution in [0.15, 0.2) is 52.3 Å². The minimum atomic E-state index is -0.482. The summed E-state index contributed by atoms with van der Waals surface area (Å²) in [7, 11) is 3.38. The van der Waals surface area contributed by atoms with Gasteiger partial charge in [0.05, 0.1) is 35.9 Å². The fraction of sp³-hybridized carbons (Fsp3) is 0.320. The molecule has 0 saturated heterocycles. The van der Waals surface area contributed by atoms with Gasteiger partial charge >= 0.3 is 4.87 Å². The molecule has 1 unspecified atom stereocenters. The predicted octanol–water partition coefficient (Wildman–Crippen LogP) is 4.97. The number of methoxy groups -OCH3 is 1. The molecule has 8 heteroatoms. The van der Waals surface area contributed by atoms with Crippen LogP contribution in [-0.4, -0.2) is 29.8 Å². The number of carbonyl (C=O) groups is 1. The van der Waals surface area contributed by atoms with Gasteiger partial charge in [0.2, 0.25) is 5.91 Å². The van der Waals surface area contributed by atoms with Crippen LogP contribution in [0.4, 0.5) is 0 Å². The molecule has 0 bridgehead atoms. The summed E-state index contributed by atoms with van der Waals surface area (Å²) in [6, 6.07) is 12.8. The number of amides is 1. The van der Waals surface area contributed by atoms with E-state index in [1.165, 1.54) is 0 Å². The van der Waals surface area contributed by atoms with Gasteiger partial charge in [-0.3, -0.25) is 14.6 Å². The van der Waals surface area contributed by atoms with Crippen LogP contribution in [0.25, 0.3) is 11.3 Å². The van der Waals surface area contributed by atoms with Crippen LogP contribution in [0.5, 0.6) is 5.75 Å². The number of fused-ring (bicyclic) bond motifs is 3. The Labute approximate surface area is 201 Å². The lowest BCUT2D eigenvalue weighted by atomic mass is 9.95. The summed E-state index contributed by atoms with van der Waals surface area (Å²) in [5.41, 5.74) is 4.14. The Kier molecular flexibility index (Phi) is 7.00. The zero-order valence-electron chi connectivity index (χ0n) is 18.9. The minimum Gasteiger partial charge on any atom is -0.497 e. The Morgan fingerprint density at radius 1 is 1.21 bits per heavy atom. The highest BCUT2D eigenvalue weighted by Gasteiger charge is 2.30. The second-order valence-corrected chi connectivity index (χ2v) is 9.39. The molecule has 3 aromatic rings. The summed E-state index contributed by atoms with van der Waals surface area (Å²) in [4.78, 5) is 31.2. The van der Waals surface area contributed by atoms with Crippen LogP contribution < -0.4 is 14.9 Å². The van der Waals surface area contributed by atoms with E-state index in [9.17, 15) is 9.59 Å². The first-order valence-corrected chi connectivity index (χ1v) is 12.1. The molecule has 1 aliphatic heterocycles. The molecule has 2 aromatic carbocycles. The van der Waals surface area contributed by atoms with Crippen molar-refractivity contribution in [2.24, 2.45) is 12.0 Å². The molecule has 0 spiro atoms.